The lowest BCUT2D eigenvalue weighted by Crippen LogP contribution is -2.31. The van der Waals surface area contributed by atoms with Crippen LogP contribution in [0.2, 0.25) is 0 Å². The molecule has 1 atom stereocenters. The van der Waals surface area contributed by atoms with Crippen molar-refractivity contribution in [2.45, 2.75) is 20.3 Å². The van der Waals surface area contributed by atoms with Crippen LogP contribution in [0.15, 0.2) is 0 Å². The van der Waals surface area contributed by atoms with Crippen molar-refractivity contribution < 1.29 is 4.74 Å². The van der Waals surface area contributed by atoms with E-state index in [1.54, 1.807) is 7.11 Å². The van der Waals surface area contributed by atoms with Gasteiger partial charge < -0.3 is 15.4 Å². The summed E-state index contributed by atoms with van der Waals surface area (Å²) in [5.74, 6) is 0.791. The SMILES string of the molecule is CCC(C)CNCCNCCOC. The third kappa shape index (κ3) is 9.80. The number of ether oxygens (including phenoxy) is 1. The molecule has 80 valence electrons. The van der Waals surface area contributed by atoms with Gasteiger partial charge in [-0.3, -0.25) is 0 Å². The van der Waals surface area contributed by atoms with E-state index < -0.39 is 0 Å². The Morgan fingerprint density at radius 3 is 2.46 bits per heavy atom. The predicted octanol–water partition coefficient (Wildman–Crippen LogP) is 0.858. The number of hydrogen-bond acceptors (Lipinski definition) is 3. The smallest absolute Gasteiger partial charge is 0.0587 e. The molecule has 0 fully saturated rings. The third-order valence-corrected chi connectivity index (χ3v) is 2.15. The summed E-state index contributed by atoms with van der Waals surface area (Å²) in [5, 5.41) is 6.70. The van der Waals surface area contributed by atoms with Crippen molar-refractivity contribution in [3.63, 3.8) is 0 Å². The number of hydrogen-bond donors (Lipinski definition) is 2. The first-order valence-electron chi connectivity index (χ1n) is 5.21. The van der Waals surface area contributed by atoms with Gasteiger partial charge in [0.1, 0.15) is 0 Å². The first-order chi connectivity index (χ1) is 6.31. The molecule has 0 radical (unpaired) electrons. The lowest BCUT2D eigenvalue weighted by atomic mass is 10.1. The van der Waals surface area contributed by atoms with Gasteiger partial charge in [0.15, 0.2) is 0 Å². The van der Waals surface area contributed by atoms with Gasteiger partial charge in [-0.05, 0) is 12.5 Å². The van der Waals surface area contributed by atoms with E-state index in [0.29, 0.717) is 0 Å². The van der Waals surface area contributed by atoms with Crippen LogP contribution in [-0.2, 0) is 4.74 Å². The maximum Gasteiger partial charge on any atom is 0.0587 e. The van der Waals surface area contributed by atoms with Crippen LogP contribution in [-0.4, -0.2) is 39.9 Å². The summed E-state index contributed by atoms with van der Waals surface area (Å²) in [6.45, 7) is 9.44. The zero-order chi connectivity index (χ0) is 9.94. The summed E-state index contributed by atoms with van der Waals surface area (Å²) in [7, 11) is 1.73. The molecule has 0 saturated heterocycles. The highest BCUT2D eigenvalue weighted by Crippen LogP contribution is 1.96. The molecule has 0 saturated carbocycles. The van der Waals surface area contributed by atoms with Crippen molar-refractivity contribution in [3.8, 4) is 0 Å². The molecule has 3 nitrogen and oxygen atoms in total. The van der Waals surface area contributed by atoms with Gasteiger partial charge in [0.05, 0.1) is 6.61 Å². The highest BCUT2D eigenvalue weighted by atomic mass is 16.5. The van der Waals surface area contributed by atoms with Crippen LogP contribution < -0.4 is 10.6 Å². The summed E-state index contributed by atoms with van der Waals surface area (Å²) in [6.07, 6.45) is 1.25. The van der Waals surface area contributed by atoms with Gasteiger partial charge in [-0.15, -0.1) is 0 Å². The average Bonchev–Trinajstić information content (AvgIpc) is 2.16. The van der Waals surface area contributed by atoms with Crippen molar-refractivity contribution in [1.29, 1.82) is 0 Å². The molecule has 0 aliphatic heterocycles. The molecule has 0 heterocycles. The van der Waals surface area contributed by atoms with Gasteiger partial charge in [0.25, 0.3) is 0 Å². The Labute approximate surface area is 82.2 Å². The first kappa shape index (κ1) is 12.9. The van der Waals surface area contributed by atoms with Crippen molar-refractivity contribution in [1.82, 2.24) is 10.6 Å². The molecule has 0 aliphatic rings. The molecule has 1 unspecified atom stereocenters. The molecule has 0 rings (SSSR count). The average molecular weight is 188 g/mol. The van der Waals surface area contributed by atoms with Crippen LogP contribution in [0, 0.1) is 5.92 Å². The monoisotopic (exact) mass is 188 g/mol. The molecule has 0 aromatic heterocycles. The fraction of sp³-hybridized carbons (Fsp3) is 1.00. The topological polar surface area (TPSA) is 33.3 Å². The molecule has 0 bridgehead atoms. The van der Waals surface area contributed by atoms with Crippen molar-refractivity contribution in [3.05, 3.63) is 0 Å². The highest BCUT2D eigenvalue weighted by Gasteiger charge is 1.95. The molecular formula is C10H24N2O. The lowest BCUT2D eigenvalue weighted by molar-refractivity contribution is 0.199. The predicted molar refractivity (Wildman–Crippen MR) is 57.1 cm³/mol. The fourth-order valence-corrected chi connectivity index (χ4v) is 0.969. The summed E-state index contributed by atoms with van der Waals surface area (Å²) >= 11 is 0. The minimum Gasteiger partial charge on any atom is -0.383 e. The van der Waals surface area contributed by atoms with Gasteiger partial charge >= 0.3 is 0 Å². The van der Waals surface area contributed by atoms with E-state index in [2.05, 4.69) is 24.5 Å². The lowest BCUT2D eigenvalue weighted by Gasteiger charge is -2.10. The summed E-state index contributed by atoms with van der Waals surface area (Å²) in [6, 6.07) is 0. The highest BCUT2D eigenvalue weighted by molar-refractivity contribution is 4.56. The summed E-state index contributed by atoms with van der Waals surface area (Å²) < 4.78 is 4.92. The van der Waals surface area contributed by atoms with E-state index in [4.69, 9.17) is 4.74 Å². The van der Waals surface area contributed by atoms with E-state index in [1.807, 2.05) is 0 Å². The Balaban J connectivity index is 2.91. The molecule has 3 heteroatoms. The Kier molecular flexibility index (Phi) is 9.87. The number of nitrogens with one attached hydrogen (secondary N) is 2. The van der Waals surface area contributed by atoms with Crippen molar-refractivity contribution >= 4 is 0 Å². The third-order valence-electron chi connectivity index (χ3n) is 2.15. The normalized spacial score (nSPS) is 13.2. The number of methoxy groups -OCH3 is 1. The van der Waals surface area contributed by atoms with Gasteiger partial charge in [0, 0.05) is 26.7 Å². The van der Waals surface area contributed by atoms with Crippen LogP contribution >= 0.6 is 0 Å². The standard InChI is InChI=1S/C10H24N2O/c1-4-10(2)9-12-6-5-11-7-8-13-3/h10-12H,4-9H2,1-3H3. The zero-order valence-corrected chi connectivity index (χ0v) is 9.23. The molecular weight excluding hydrogens is 164 g/mol. The minimum absolute atomic E-state index is 0.791. The Morgan fingerprint density at radius 1 is 1.15 bits per heavy atom. The molecule has 0 aromatic carbocycles. The molecule has 0 spiro atoms. The molecule has 0 aliphatic carbocycles. The van der Waals surface area contributed by atoms with E-state index in [0.717, 1.165) is 38.7 Å². The van der Waals surface area contributed by atoms with Crippen LogP contribution in [0.1, 0.15) is 20.3 Å². The Bertz CT molecular complexity index is 98.9. The maximum absolute atomic E-state index is 4.92. The van der Waals surface area contributed by atoms with Gasteiger partial charge in [0.2, 0.25) is 0 Å². The van der Waals surface area contributed by atoms with Crippen LogP contribution in [0.4, 0.5) is 0 Å². The van der Waals surface area contributed by atoms with Gasteiger partial charge in [-0.2, -0.15) is 0 Å². The van der Waals surface area contributed by atoms with Gasteiger partial charge in [-0.1, -0.05) is 20.3 Å². The second kappa shape index (κ2) is 9.96. The first-order valence-corrected chi connectivity index (χ1v) is 5.21. The second-order valence-electron chi connectivity index (χ2n) is 3.46. The quantitative estimate of drug-likeness (QED) is 0.527. The van der Waals surface area contributed by atoms with E-state index in [1.165, 1.54) is 6.42 Å². The number of rotatable bonds is 9. The Hall–Kier alpha value is -0.120. The fourth-order valence-electron chi connectivity index (χ4n) is 0.969. The maximum atomic E-state index is 4.92. The van der Waals surface area contributed by atoms with E-state index in [9.17, 15) is 0 Å². The van der Waals surface area contributed by atoms with E-state index in [-0.39, 0.29) is 0 Å². The largest absolute Gasteiger partial charge is 0.383 e. The summed E-state index contributed by atoms with van der Waals surface area (Å²) in [5.41, 5.74) is 0. The summed E-state index contributed by atoms with van der Waals surface area (Å²) in [4.78, 5) is 0. The van der Waals surface area contributed by atoms with Crippen LogP contribution in [0.3, 0.4) is 0 Å². The Morgan fingerprint density at radius 2 is 1.85 bits per heavy atom. The van der Waals surface area contributed by atoms with Gasteiger partial charge in [-0.25, -0.2) is 0 Å². The van der Waals surface area contributed by atoms with Crippen LogP contribution in [0.5, 0.6) is 0 Å². The van der Waals surface area contributed by atoms with Crippen molar-refractivity contribution in [2.75, 3.05) is 39.9 Å². The zero-order valence-electron chi connectivity index (χ0n) is 9.23. The second-order valence-corrected chi connectivity index (χ2v) is 3.46. The van der Waals surface area contributed by atoms with E-state index >= 15 is 0 Å². The minimum atomic E-state index is 0.791. The molecule has 2 N–H and O–H groups in total. The molecule has 0 amide bonds. The van der Waals surface area contributed by atoms with Crippen molar-refractivity contribution in [2.24, 2.45) is 5.92 Å². The molecule has 13 heavy (non-hydrogen) atoms. The van der Waals surface area contributed by atoms with Crippen LogP contribution in [0.25, 0.3) is 0 Å². The molecule has 0 aromatic rings.